The van der Waals surface area contributed by atoms with E-state index in [9.17, 15) is 19.2 Å². The highest BCUT2D eigenvalue weighted by Crippen LogP contribution is 2.34. The maximum Gasteiger partial charge on any atom is 0.326 e. The first kappa shape index (κ1) is 20.6. The van der Waals surface area contributed by atoms with Crippen molar-refractivity contribution in [1.29, 1.82) is 0 Å². The average Bonchev–Trinajstić information content (AvgIpc) is 2.96. The van der Waals surface area contributed by atoms with E-state index in [1.807, 2.05) is 55.4 Å². The van der Waals surface area contributed by atoms with Gasteiger partial charge in [-0.2, -0.15) is 0 Å². The topological polar surface area (TPSA) is 96.0 Å². The molecule has 2 atom stereocenters. The predicted octanol–water partition coefficient (Wildman–Crippen LogP) is 0.863. The van der Waals surface area contributed by atoms with Crippen LogP contribution in [0, 0.1) is 11.8 Å². The van der Waals surface area contributed by atoms with Gasteiger partial charge in [0.05, 0.1) is 11.8 Å². The van der Waals surface area contributed by atoms with E-state index < -0.39 is 25.0 Å². The highest BCUT2D eigenvalue weighted by molar-refractivity contribution is 6.07. The van der Waals surface area contributed by atoms with Gasteiger partial charge in [0.2, 0.25) is 11.8 Å². The molecule has 3 amide bonds. The maximum atomic E-state index is 12.3. The molecule has 8 heteroatoms. The lowest BCUT2D eigenvalue weighted by molar-refractivity contribution is -0.154. The second-order valence-electron chi connectivity index (χ2n) is 7.42. The lowest BCUT2D eigenvalue weighted by Gasteiger charge is -2.14. The molecule has 0 radical (unpaired) electrons. The van der Waals surface area contributed by atoms with Crippen molar-refractivity contribution in [1.82, 2.24) is 10.2 Å². The molecule has 8 nitrogen and oxygen atoms in total. The molecule has 0 bridgehead atoms. The standard InChI is InChI=1S/C21H25N3O5/c1-23(2)15-9-7-14(8-10-15)11-22-18(25)13-29-19(26)12-24-20(27)16-5-3-4-6-17(16)21(24)28/h3-4,7-10,16-17H,5-6,11-13H2,1-2H3,(H,22,25)/t16-,17+. The number of benzene rings is 1. The minimum Gasteiger partial charge on any atom is -0.454 e. The minimum absolute atomic E-state index is 0.309. The van der Waals surface area contributed by atoms with Crippen molar-refractivity contribution in [2.24, 2.45) is 11.8 Å². The van der Waals surface area contributed by atoms with Gasteiger partial charge in [0.1, 0.15) is 6.54 Å². The Hall–Kier alpha value is -3.16. The van der Waals surface area contributed by atoms with Crippen LogP contribution in [0.5, 0.6) is 0 Å². The lowest BCUT2D eigenvalue weighted by atomic mass is 9.85. The fourth-order valence-electron chi connectivity index (χ4n) is 3.51. The Balaban J connectivity index is 1.41. The predicted molar refractivity (Wildman–Crippen MR) is 106 cm³/mol. The fourth-order valence-corrected chi connectivity index (χ4v) is 3.51. The molecule has 1 fully saturated rings. The van der Waals surface area contributed by atoms with Crippen LogP contribution >= 0.6 is 0 Å². The molecule has 1 saturated heterocycles. The number of carbonyl (C=O) groups is 4. The van der Waals surface area contributed by atoms with E-state index in [1.165, 1.54) is 0 Å². The molecule has 1 heterocycles. The largest absolute Gasteiger partial charge is 0.454 e. The van der Waals surface area contributed by atoms with Gasteiger partial charge in [0, 0.05) is 26.3 Å². The zero-order valence-corrected chi connectivity index (χ0v) is 16.6. The van der Waals surface area contributed by atoms with Gasteiger partial charge in [0.15, 0.2) is 6.61 Å². The Kier molecular flexibility index (Phi) is 6.31. The number of hydrogen-bond acceptors (Lipinski definition) is 6. The van der Waals surface area contributed by atoms with Crippen LogP contribution in [0.1, 0.15) is 18.4 Å². The van der Waals surface area contributed by atoms with E-state index in [2.05, 4.69) is 5.32 Å². The molecule has 0 saturated carbocycles. The lowest BCUT2D eigenvalue weighted by Crippen LogP contribution is -2.38. The summed E-state index contributed by atoms with van der Waals surface area (Å²) in [6, 6.07) is 7.69. The van der Waals surface area contributed by atoms with E-state index in [1.54, 1.807) is 0 Å². The van der Waals surface area contributed by atoms with Crippen LogP contribution in [0.3, 0.4) is 0 Å². The Labute approximate surface area is 169 Å². The molecular formula is C21H25N3O5. The number of allylic oxidation sites excluding steroid dienone is 2. The van der Waals surface area contributed by atoms with Gasteiger partial charge in [0.25, 0.3) is 5.91 Å². The number of esters is 1. The molecule has 3 rings (SSSR count). The quantitative estimate of drug-likeness (QED) is 0.415. The van der Waals surface area contributed by atoms with Crippen LogP contribution in [0.4, 0.5) is 5.69 Å². The number of imide groups is 1. The molecule has 2 aliphatic rings. The Bertz CT molecular complexity index is 805. The van der Waals surface area contributed by atoms with Crippen molar-refractivity contribution in [3.8, 4) is 0 Å². The Morgan fingerprint density at radius 2 is 1.66 bits per heavy atom. The number of fused-ring (bicyclic) bond motifs is 1. The molecule has 0 aromatic heterocycles. The monoisotopic (exact) mass is 399 g/mol. The van der Waals surface area contributed by atoms with Crippen molar-refractivity contribution in [2.75, 3.05) is 32.1 Å². The van der Waals surface area contributed by atoms with Gasteiger partial charge in [-0.3, -0.25) is 24.1 Å². The number of ether oxygens (including phenoxy) is 1. The van der Waals surface area contributed by atoms with Crippen LogP contribution < -0.4 is 10.2 Å². The average molecular weight is 399 g/mol. The molecule has 29 heavy (non-hydrogen) atoms. The summed E-state index contributed by atoms with van der Waals surface area (Å²) >= 11 is 0. The van der Waals surface area contributed by atoms with Gasteiger partial charge in [-0.25, -0.2) is 0 Å². The Morgan fingerprint density at radius 3 is 2.21 bits per heavy atom. The number of rotatable bonds is 7. The second kappa shape index (κ2) is 8.89. The van der Waals surface area contributed by atoms with E-state index in [-0.39, 0.29) is 23.7 Å². The number of carbonyl (C=O) groups excluding carboxylic acids is 4. The molecule has 0 spiro atoms. The Morgan fingerprint density at radius 1 is 1.07 bits per heavy atom. The molecule has 1 aliphatic heterocycles. The van der Waals surface area contributed by atoms with E-state index in [0.717, 1.165) is 16.2 Å². The normalized spacial score (nSPS) is 20.4. The smallest absolute Gasteiger partial charge is 0.326 e. The van der Waals surface area contributed by atoms with E-state index in [0.29, 0.717) is 19.4 Å². The summed E-state index contributed by atoms with van der Waals surface area (Å²) in [6.45, 7) is -0.604. The van der Waals surface area contributed by atoms with Gasteiger partial charge in [-0.15, -0.1) is 0 Å². The summed E-state index contributed by atoms with van der Waals surface area (Å²) in [6.07, 6.45) is 4.79. The van der Waals surface area contributed by atoms with Gasteiger partial charge in [-0.05, 0) is 30.5 Å². The first-order valence-corrected chi connectivity index (χ1v) is 9.55. The molecule has 1 N–H and O–H groups in total. The van der Waals surface area contributed by atoms with Crippen LogP contribution in [0.15, 0.2) is 36.4 Å². The van der Waals surface area contributed by atoms with Crippen molar-refractivity contribution in [3.05, 3.63) is 42.0 Å². The fraction of sp³-hybridized carbons (Fsp3) is 0.429. The van der Waals surface area contributed by atoms with Crippen LogP contribution in [-0.2, 0) is 30.5 Å². The highest BCUT2D eigenvalue weighted by Gasteiger charge is 2.47. The number of amides is 3. The van der Waals surface area contributed by atoms with Crippen molar-refractivity contribution in [2.45, 2.75) is 19.4 Å². The molecule has 1 aromatic rings. The zero-order chi connectivity index (χ0) is 21.0. The summed E-state index contributed by atoms with van der Waals surface area (Å²) in [4.78, 5) is 51.5. The first-order chi connectivity index (χ1) is 13.9. The maximum absolute atomic E-state index is 12.3. The van der Waals surface area contributed by atoms with Gasteiger partial charge < -0.3 is 15.0 Å². The second-order valence-corrected chi connectivity index (χ2v) is 7.42. The van der Waals surface area contributed by atoms with Crippen molar-refractivity contribution < 1.29 is 23.9 Å². The van der Waals surface area contributed by atoms with Gasteiger partial charge >= 0.3 is 5.97 Å². The number of hydrogen-bond donors (Lipinski definition) is 1. The number of anilines is 1. The molecule has 1 aliphatic carbocycles. The number of likely N-dealkylation sites (tertiary alicyclic amines) is 1. The molecule has 154 valence electrons. The first-order valence-electron chi connectivity index (χ1n) is 9.55. The summed E-state index contributed by atoms with van der Waals surface area (Å²) < 4.78 is 4.94. The molecule has 1 aromatic carbocycles. The van der Waals surface area contributed by atoms with Crippen LogP contribution in [0.2, 0.25) is 0 Å². The van der Waals surface area contributed by atoms with E-state index in [4.69, 9.17) is 4.74 Å². The SMILES string of the molecule is CN(C)c1ccc(CNC(=O)COC(=O)CN2C(=O)[C@H]3CC=CC[C@H]3C2=O)cc1. The van der Waals surface area contributed by atoms with Gasteiger partial charge in [-0.1, -0.05) is 24.3 Å². The highest BCUT2D eigenvalue weighted by atomic mass is 16.5. The number of nitrogens with one attached hydrogen (secondary N) is 1. The third-order valence-corrected chi connectivity index (χ3v) is 5.19. The minimum atomic E-state index is -0.774. The summed E-state index contributed by atoms with van der Waals surface area (Å²) in [5.41, 5.74) is 1.97. The molecular weight excluding hydrogens is 374 g/mol. The number of nitrogens with zero attached hydrogens (tertiary/aromatic N) is 2. The summed E-state index contributed by atoms with van der Waals surface area (Å²) in [5.74, 6) is -2.68. The van der Waals surface area contributed by atoms with Crippen LogP contribution in [-0.4, -0.2) is 55.8 Å². The van der Waals surface area contributed by atoms with Crippen molar-refractivity contribution >= 4 is 29.4 Å². The zero-order valence-electron chi connectivity index (χ0n) is 16.6. The third kappa shape index (κ3) is 4.82. The van der Waals surface area contributed by atoms with E-state index >= 15 is 0 Å². The summed E-state index contributed by atoms with van der Waals surface area (Å²) in [5, 5.41) is 2.67. The van der Waals surface area contributed by atoms with Crippen molar-refractivity contribution in [3.63, 3.8) is 0 Å². The third-order valence-electron chi connectivity index (χ3n) is 5.19. The van der Waals surface area contributed by atoms with Crippen LogP contribution in [0.25, 0.3) is 0 Å². The summed E-state index contributed by atoms with van der Waals surface area (Å²) in [7, 11) is 3.89. The molecule has 0 unspecified atom stereocenters.